The van der Waals surface area contributed by atoms with Gasteiger partial charge in [-0.3, -0.25) is 4.79 Å². The van der Waals surface area contributed by atoms with Crippen molar-refractivity contribution in [3.63, 3.8) is 0 Å². The lowest BCUT2D eigenvalue weighted by atomic mass is 10.1. The van der Waals surface area contributed by atoms with Crippen LogP contribution >= 0.6 is 15.9 Å². The van der Waals surface area contributed by atoms with E-state index in [0.29, 0.717) is 29.0 Å². The molecule has 2 rings (SSSR count). The molecule has 8 heteroatoms. The Morgan fingerprint density at radius 1 is 1.26 bits per heavy atom. The second-order valence-electron chi connectivity index (χ2n) is 6.15. The number of amides is 1. The van der Waals surface area contributed by atoms with Gasteiger partial charge in [0.25, 0.3) is 5.91 Å². The third kappa shape index (κ3) is 4.95. The second-order valence-corrected chi connectivity index (χ2v) is 7.07. The summed E-state index contributed by atoms with van der Waals surface area (Å²) in [6, 6.07) is 4.57. The molecule has 1 heterocycles. The van der Waals surface area contributed by atoms with Gasteiger partial charge in [-0.15, -0.1) is 0 Å². The van der Waals surface area contributed by atoms with Gasteiger partial charge >= 0.3 is 5.97 Å². The normalized spacial score (nSPS) is 10.7. The number of benzene rings is 1. The molecule has 146 valence electrons. The molecular weight excluding hydrogens is 419 g/mol. The van der Waals surface area contributed by atoms with Crippen LogP contribution < -0.4 is 0 Å². The van der Waals surface area contributed by atoms with Crippen LogP contribution in [-0.2, 0) is 16.0 Å². The SMILES string of the molecule is COCCOC(=O)c1c(C)[nH]c(C(=O)N(C)Cc2cc(Br)ccc2F)c1C. The molecule has 27 heavy (non-hydrogen) atoms. The van der Waals surface area contributed by atoms with Gasteiger partial charge in [-0.25, -0.2) is 9.18 Å². The maximum atomic E-state index is 14.0. The molecule has 0 spiro atoms. The fourth-order valence-corrected chi connectivity index (χ4v) is 3.15. The summed E-state index contributed by atoms with van der Waals surface area (Å²) >= 11 is 3.30. The number of aromatic amines is 1. The molecular formula is C19H22BrFN2O4. The number of esters is 1. The minimum absolute atomic E-state index is 0.0925. The highest BCUT2D eigenvalue weighted by molar-refractivity contribution is 9.10. The van der Waals surface area contributed by atoms with Crippen molar-refractivity contribution in [2.45, 2.75) is 20.4 Å². The molecule has 1 N–H and O–H groups in total. The number of hydrogen-bond donors (Lipinski definition) is 1. The standard InChI is InChI=1S/C19H22BrFN2O4/c1-11-16(19(25)27-8-7-26-4)12(2)22-17(11)18(24)23(3)10-13-9-14(20)5-6-15(13)21/h5-6,9,22H,7-8,10H2,1-4H3. The number of hydrogen-bond acceptors (Lipinski definition) is 4. The average molecular weight is 441 g/mol. The van der Waals surface area contributed by atoms with Gasteiger partial charge in [0.2, 0.25) is 0 Å². The van der Waals surface area contributed by atoms with Crippen molar-refractivity contribution < 1.29 is 23.5 Å². The molecule has 1 aromatic heterocycles. The van der Waals surface area contributed by atoms with Crippen LogP contribution in [0.1, 0.15) is 37.7 Å². The summed E-state index contributed by atoms with van der Waals surface area (Å²) in [5.74, 6) is -1.25. The monoisotopic (exact) mass is 440 g/mol. The molecule has 2 aromatic rings. The third-order valence-electron chi connectivity index (χ3n) is 4.14. The Morgan fingerprint density at radius 3 is 2.63 bits per heavy atom. The summed E-state index contributed by atoms with van der Waals surface area (Å²) in [6.45, 7) is 3.89. The van der Waals surface area contributed by atoms with Crippen LogP contribution in [0.4, 0.5) is 4.39 Å². The molecule has 0 bridgehead atoms. The summed E-state index contributed by atoms with van der Waals surface area (Å²) in [7, 11) is 3.09. The molecule has 0 fully saturated rings. The number of rotatable bonds is 7. The maximum Gasteiger partial charge on any atom is 0.340 e. The Balaban J connectivity index is 2.19. The molecule has 0 radical (unpaired) electrons. The zero-order chi connectivity index (χ0) is 20.1. The summed E-state index contributed by atoms with van der Waals surface area (Å²) in [5, 5.41) is 0. The minimum atomic E-state index is -0.516. The molecule has 6 nitrogen and oxygen atoms in total. The van der Waals surface area contributed by atoms with E-state index < -0.39 is 5.97 Å². The molecule has 1 amide bonds. The van der Waals surface area contributed by atoms with Crippen LogP contribution in [0.15, 0.2) is 22.7 Å². The highest BCUT2D eigenvalue weighted by Crippen LogP contribution is 2.22. The van der Waals surface area contributed by atoms with Gasteiger partial charge in [0.1, 0.15) is 18.1 Å². The number of halogens is 2. The maximum absolute atomic E-state index is 14.0. The number of nitrogens with one attached hydrogen (secondary N) is 1. The number of ether oxygens (including phenoxy) is 2. The Kier molecular flexibility index (Phi) is 7.15. The van der Waals surface area contributed by atoms with Gasteiger partial charge in [-0.2, -0.15) is 0 Å². The number of aryl methyl sites for hydroxylation is 1. The first kappa shape index (κ1) is 21.1. The summed E-state index contributed by atoms with van der Waals surface area (Å²) < 4.78 is 24.7. The van der Waals surface area contributed by atoms with Crippen molar-refractivity contribution in [3.05, 3.63) is 56.6 Å². The average Bonchev–Trinajstić information content (AvgIpc) is 2.92. The minimum Gasteiger partial charge on any atom is -0.460 e. The topological polar surface area (TPSA) is 71.6 Å². The van der Waals surface area contributed by atoms with Gasteiger partial charge in [-0.05, 0) is 37.6 Å². The lowest BCUT2D eigenvalue weighted by molar-refractivity contribution is 0.0387. The largest absolute Gasteiger partial charge is 0.460 e. The predicted molar refractivity (Wildman–Crippen MR) is 102 cm³/mol. The number of carbonyl (C=O) groups excluding carboxylic acids is 2. The van der Waals surface area contributed by atoms with E-state index in [1.54, 1.807) is 33.0 Å². The zero-order valence-electron chi connectivity index (χ0n) is 15.7. The summed E-state index contributed by atoms with van der Waals surface area (Å²) in [4.78, 5) is 29.4. The molecule has 0 saturated heterocycles. The highest BCUT2D eigenvalue weighted by atomic mass is 79.9. The van der Waals surface area contributed by atoms with E-state index in [1.165, 1.54) is 18.1 Å². The summed E-state index contributed by atoms with van der Waals surface area (Å²) in [6.07, 6.45) is 0. The van der Waals surface area contributed by atoms with E-state index >= 15 is 0 Å². The van der Waals surface area contributed by atoms with Crippen LogP contribution in [0.25, 0.3) is 0 Å². The zero-order valence-corrected chi connectivity index (χ0v) is 17.3. The fraction of sp³-hybridized carbons (Fsp3) is 0.368. The molecule has 1 aromatic carbocycles. The van der Waals surface area contributed by atoms with Crippen molar-refractivity contribution in [1.29, 1.82) is 0 Å². The number of nitrogens with zero attached hydrogens (tertiary/aromatic N) is 1. The Morgan fingerprint density at radius 2 is 1.96 bits per heavy atom. The number of H-pyrrole nitrogens is 1. The first-order valence-corrected chi connectivity index (χ1v) is 9.10. The Labute approximate surface area is 165 Å². The van der Waals surface area contributed by atoms with E-state index in [1.807, 2.05) is 0 Å². The van der Waals surface area contributed by atoms with Crippen molar-refractivity contribution in [3.8, 4) is 0 Å². The van der Waals surface area contributed by atoms with Crippen molar-refractivity contribution >= 4 is 27.8 Å². The van der Waals surface area contributed by atoms with E-state index in [-0.39, 0.29) is 30.6 Å². The number of aromatic nitrogens is 1. The lowest BCUT2D eigenvalue weighted by Gasteiger charge is -2.18. The molecule has 0 saturated carbocycles. The Bertz CT molecular complexity index is 850. The van der Waals surface area contributed by atoms with E-state index in [2.05, 4.69) is 20.9 Å². The molecule has 0 aliphatic heterocycles. The van der Waals surface area contributed by atoms with Gasteiger partial charge in [0.05, 0.1) is 12.2 Å². The van der Waals surface area contributed by atoms with Gasteiger partial charge in [-0.1, -0.05) is 15.9 Å². The van der Waals surface area contributed by atoms with Crippen LogP contribution in [0.2, 0.25) is 0 Å². The van der Waals surface area contributed by atoms with Crippen LogP contribution in [0.5, 0.6) is 0 Å². The Hall–Kier alpha value is -2.19. The first-order chi connectivity index (χ1) is 12.8. The summed E-state index contributed by atoms with van der Waals surface area (Å²) in [5.41, 5.74) is 2.04. The van der Waals surface area contributed by atoms with Gasteiger partial charge in [0.15, 0.2) is 0 Å². The van der Waals surface area contributed by atoms with Crippen molar-refractivity contribution in [1.82, 2.24) is 9.88 Å². The van der Waals surface area contributed by atoms with E-state index in [0.717, 1.165) is 4.47 Å². The molecule has 0 atom stereocenters. The first-order valence-electron chi connectivity index (χ1n) is 8.30. The van der Waals surface area contributed by atoms with Crippen molar-refractivity contribution in [2.24, 2.45) is 0 Å². The van der Waals surface area contributed by atoms with Crippen LogP contribution in [0, 0.1) is 19.7 Å². The van der Waals surface area contributed by atoms with Crippen molar-refractivity contribution in [2.75, 3.05) is 27.4 Å². The molecule has 0 unspecified atom stereocenters. The lowest BCUT2D eigenvalue weighted by Crippen LogP contribution is -2.27. The van der Waals surface area contributed by atoms with Crippen LogP contribution in [-0.4, -0.2) is 49.1 Å². The highest BCUT2D eigenvalue weighted by Gasteiger charge is 2.25. The van der Waals surface area contributed by atoms with E-state index in [4.69, 9.17) is 9.47 Å². The smallest absolute Gasteiger partial charge is 0.340 e. The van der Waals surface area contributed by atoms with E-state index in [9.17, 15) is 14.0 Å². The quantitative estimate of drug-likeness (QED) is 0.527. The number of carbonyl (C=O) groups is 2. The second kappa shape index (κ2) is 9.14. The third-order valence-corrected chi connectivity index (χ3v) is 4.63. The van der Waals surface area contributed by atoms with Gasteiger partial charge in [0, 0.05) is 36.4 Å². The number of methoxy groups -OCH3 is 1. The van der Waals surface area contributed by atoms with Gasteiger partial charge < -0.3 is 19.4 Å². The molecule has 0 aliphatic carbocycles. The predicted octanol–water partition coefficient (Wildman–Crippen LogP) is 3.61. The fourth-order valence-electron chi connectivity index (χ4n) is 2.74. The molecule has 0 aliphatic rings. The van der Waals surface area contributed by atoms with Crippen LogP contribution in [0.3, 0.4) is 0 Å².